The fourth-order valence-corrected chi connectivity index (χ4v) is 2.10. The van der Waals surface area contributed by atoms with Gasteiger partial charge >= 0.3 is 12.1 Å². The van der Waals surface area contributed by atoms with E-state index < -0.39 is 18.1 Å². The van der Waals surface area contributed by atoms with Crippen LogP contribution in [0.5, 0.6) is 5.75 Å². The van der Waals surface area contributed by atoms with Crippen LogP contribution in [0.15, 0.2) is 60.7 Å². The minimum atomic E-state index is -1.11. The third kappa shape index (κ3) is 4.09. The minimum Gasteiger partial charge on any atom is -0.480 e. The van der Waals surface area contributed by atoms with Gasteiger partial charge in [0.25, 0.3) is 0 Å². The molecule has 0 radical (unpaired) electrons. The number of ether oxygens (including phenoxy) is 1. The Kier molecular flexibility index (Phi) is 5.14. The van der Waals surface area contributed by atoms with Gasteiger partial charge in [0.1, 0.15) is 11.8 Å². The number of rotatable bonds is 5. The molecule has 0 saturated heterocycles. The third-order valence-electron chi connectivity index (χ3n) is 3.32. The van der Waals surface area contributed by atoms with Crippen molar-refractivity contribution in [2.75, 3.05) is 0 Å². The van der Waals surface area contributed by atoms with Crippen LogP contribution in [0.4, 0.5) is 4.79 Å². The van der Waals surface area contributed by atoms with Crippen LogP contribution in [-0.4, -0.2) is 23.2 Å². The van der Waals surface area contributed by atoms with Gasteiger partial charge in [-0.2, -0.15) is 0 Å². The highest BCUT2D eigenvalue weighted by molar-refractivity contribution is 5.81. The highest BCUT2D eigenvalue weighted by atomic mass is 16.6. The first kappa shape index (κ1) is 15.6. The van der Waals surface area contributed by atoms with E-state index in [-0.39, 0.29) is 5.92 Å². The van der Waals surface area contributed by atoms with E-state index in [1.165, 1.54) is 0 Å². The average Bonchev–Trinajstić information content (AvgIpc) is 2.53. The molecule has 0 heterocycles. The molecule has 0 bridgehead atoms. The highest BCUT2D eigenvalue weighted by Crippen LogP contribution is 2.19. The molecule has 5 nitrogen and oxygen atoms in total. The Morgan fingerprint density at radius 3 is 2.09 bits per heavy atom. The van der Waals surface area contributed by atoms with Gasteiger partial charge < -0.3 is 15.2 Å². The summed E-state index contributed by atoms with van der Waals surface area (Å²) in [7, 11) is 0. The van der Waals surface area contributed by atoms with Crippen molar-refractivity contribution >= 4 is 12.1 Å². The summed E-state index contributed by atoms with van der Waals surface area (Å²) in [6, 6.07) is 16.6. The van der Waals surface area contributed by atoms with Gasteiger partial charge in [0.05, 0.1) is 0 Å². The van der Waals surface area contributed by atoms with Crippen LogP contribution < -0.4 is 10.1 Å². The Bertz CT molecular complexity index is 628. The quantitative estimate of drug-likeness (QED) is 0.889. The number of hydrogen-bond acceptors (Lipinski definition) is 3. The van der Waals surface area contributed by atoms with Crippen LogP contribution in [0.3, 0.4) is 0 Å². The molecule has 0 saturated carbocycles. The Balaban J connectivity index is 2.06. The van der Waals surface area contributed by atoms with Gasteiger partial charge in [0.2, 0.25) is 0 Å². The molecule has 2 N–H and O–H groups in total. The summed E-state index contributed by atoms with van der Waals surface area (Å²) < 4.78 is 5.07. The summed E-state index contributed by atoms with van der Waals surface area (Å²) in [6.45, 7) is 1.75. The van der Waals surface area contributed by atoms with Crippen LogP contribution in [-0.2, 0) is 4.79 Å². The standard InChI is InChI=1S/C17H17NO4/c1-12(13-8-4-2-5-9-13)15(16(19)20)18-17(21)22-14-10-6-3-7-11-14/h2-12,15H,1H3,(H,18,21)(H,19,20)/t12-,15-/m1/s1. The molecular formula is C17H17NO4. The third-order valence-corrected chi connectivity index (χ3v) is 3.32. The van der Waals surface area contributed by atoms with E-state index in [0.29, 0.717) is 5.75 Å². The molecule has 2 aromatic carbocycles. The molecule has 5 heteroatoms. The molecule has 0 spiro atoms. The summed E-state index contributed by atoms with van der Waals surface area (Å²) in [5.74, 6) is -1.14. The van der Waals surface area contributed by atoms with Gasteiger partial charge in [-0.15, -0.1) is 0 Å². The number of hydrogen-bond donors (Lipinski definition) is 2. The molecule has 114 valence electrons. The zero-order valence-corrected chi connectivity index (χ0v) is 12.1. The Labute approximate surface area is 128 Å². The highest BCUT2D eigenvalue weighted by Gasteiger charge is 2.28. The van der Waals surface area contributed by atoms with Gasteiger partial charge in [-0.3, -0.25) is 0 Å². The lowest BCUT2D eigenvalue weighted by Crippen LogP contribution is -2.45. The lowest BCUT2D eigenvalue weighted by atomic mass is 9.93. The predicted molar refractivity (Wildman–Crippen MR) is 81.9 cm³/mol. The van der Waals surface area contributed by atoms with Crippen molar-refractivity contribution < 1.29 is 19.4 Å². The second kappa shape index (κ2) is 7.26. The van der Waals surface area contributed by atoms with E-state index in [2.05, 4.69) is 5.32 Å². The van der Waals surface area contributed by atoms with Gasteiger partial charge in [-0.25, -0.2) is 9.59 Å². The van der Waals surface area contributed by atoms with Gasteiger partial charge in [0, 0.05) is 5.92 Å². The van der Waals surface area contributed by atoms with Crippen LogP contribution in [0, 0.1) is 0 Å². The van der Waals surface area contributed by atoms with E-state index in [0.717, 1.165) is 5.56 Å². The average molecular weight is 299 g/mol. The largest absolute Gasteiger partial charge is 0.480 e. The summed E-state index contributed by atoms with van der Waals surface area (Å²) >= 11 is 0. The second-order valence-corrected chi connectivity index (χ2v) is 4.86. The summed E-state index contributed by atoms with van der Waals surface area (Å²) in [6.07, 6.45) is -0.790. The monoisotopic (exact) mass is 299 g/mol. The summed E-state index contributed by atoms with van der Waals surface area (Å²) in [5, 5.41) is 11.8. The molecule has 2 aromatic rings. The number of amides is 1. The van der Waals surface area contributed by atoms with E-state index >= 15 is 0 Å². The van der Waals surface area contributed by atoms with Gasteiger partial charge in [0.15, 0.2) is 0 Å². The number of nitrogens with one attached hydrogen (secondary N) is 1. The van der Waals surface area contributed by atoms with Crippen LogP contribution >= 0.6 is 0 Å². The fraction of sp³-hybridized carbons (Fsp3) is 0.176. The molecular weight excluding hydrogens is 282 g/mol. The molecule has 0 aliphatic carbocycles. The first-order chi connectivity index (χ1) is 10.6. The van der Waals surface area contributed by atoms with Gasteiger partial charge in [-0.05, 0) is 17.7 Å². The lowest BCUT2D eigenvalue weighted by Gasteiger charge is -2.21. The smallest absolute Gasteiger partial charge is 0.413 e. The van der Waals surface area contributed by atoms with Crippen molar-refractivity contribution in [2.45, 2.75) is 18.9 Å². The maximum atomic E-state index is 11.9. The molecule has 0 aliphatic heterocycles. The summed E-state index contributed by atoms with van der Waals surface area (Å²) in [5.41, 5.74) is 0.829. The molecule has 0 aromatic heterocycles. The van der Waals surface area contributed by atoms with E-state index in [4.69, 9.17) is 4.74 Å². The van der Waals surface area contributed by atoms with Crippen LogP contribution in [0.2, 0.25) is 0 Å². The maximum Gasteiger partial charge on any atom is 0.413 e. The fourth-order valence-electron chi connectivity index (χ4n) is 2.10. The van der Waals surface area contributed by atoms with Crippen molar-refractivity contribution in [3.05, 3.63) is 66.2 Å². The Morgan fingerprint density at radius 2 is 1.55 bits per heavy atom. The molecule has 2 atom stereocenters. The second-order valence-electron chi connectivity index (χ2n) is 4.86. The molecule has 0 aliphatic rings. The van der Waals surface area contributed by atoms with E-state index in [1.807, 2.05) is 30.3 Å². The molecule has 1 amide bonds. The van der Waals surface area contributed by atoms with Crippen LogP contribution in [0.1, 0.15) is 18.4 Å². The number of carboxylic acids is 1. The minimum absolute atomic E-state index is 0.358. The number of aliphatic carboxylic acids is 1. The number of carboxylic acid groups (broad SMARTS) is 1. The summed E-state index contributed by atoms with van der Waals surface area (Å²) in [4.78, 5) is 23.3. The van der Waals surface area contributed by atoms with Crippen molar-refractivity contribution in [3.8, 4) is 5.75 Å². The number of carbonyl (C=O) groups is 2. The van der Waals surface area contributed by atoms with E-state index in [1.54, 1.807) is 37.3 Å². The molecule has 2 rings (SSSR count). The lowest BCUT2D eigenvalue weighted by molar-refractivity contribution is -0.139. The van der Waals surface area contributed by atoms with Gasteiger partial charge in [-0.1, -0.05) is 55.5 Å². The first-order valence-electron chi connectivity index (χ1n) is 6.89. The van der Waals surface area contributed by atoms with Crippen molar-refractivity contribution in [2.24, 2.45) is 0 Å². The van der Waals surface area contributed by atoms with E-state index in [9.17, 15) is 14.7 Å². The molecule has 0 unspecified atom stereocenters. The number of para-hydroxylation sites is 1. The number of benzene rings is 2. The van der Waals surface area contributed by atoms with Crippen molar-refractivity contribution in [1.82, 2.24) is 5.32 Å². The Morgan fingerprint density at radius 1 is 1.00 bits per heavy atom. The maximum absolute atomic E-state index is 11.9. The van der Waals surface area contributed by atoms with Crippen molar-refractivity contribution in [3.63, 3.8) is 0 Å². The predicted octanol–water partition coefficient (Wildman–Crippen LogP) is 3.03. The number of carbonyl (C=O) groups excluding carboxylic acids is 1. The molecule has 0 fully saturated rings. The Hall–Kier alpha value is -2.82. The first-order valence-corrected chi connectivity index (χ1v) is 6.89. The topological polar surface area (TPSA) is 75.6 Å². The van der Waals surface area contributed by atoms with Crippen LogP contribution in [0.25, 0.3) is 0 Å². The zero-order valence-electron chi connectivity index (χ0n) is 12.1. The zero-order chi connectivity index (χ0) is 15.9. The normalized spacial score (nSPS) is 13.0. The SMILES string of the molecule is C[C@H](c1ccccc1)[C@@H](NC(=O)Oc1ccccc1)C(=O)O. The molecule has 22 heavy (non-hydrogen) atoms. The van der Waals surface area contributed by atoms with Crippen molar-refractivity contribution in [1.29, 1.82) is 0 Å².